The van der Waals surface area contributed by atoms with E-state index in [0.717, 1.165) is 5.56 Å². The normalized spacial score (nSPS) is 21.9. The minimum absolute atomic E-state index is 0.0241. The fourth-order valence-corrected chi connectivity index (χ4v) is 4.43. The number of fused-ring (bicyclic) bond motifs is 1. The number of benzene rings is 1. The van der Waals surface area contributed by atoms with Crippen molar-refractivity contribution < 1.29 is 20.1 Å². The molecule has 1 aliphatic rings. The molecule has 1 fully saturated rings. The van der Waals surface area contributed by atoms with Crippen LogP contribution in [0.2, 0.25) is 5.28 Å². The van der Waals surface area contributed by atoms with Crippen LogP contribution in [0.5, 0.6) is 0 Å². The molecule has 0 unspecified atom stereocenters. The van der Waals surface area contributed by atoms with E-state index in [2.05, 4.69) is 20.3 Å². The fraction of sp³-hybridized carbons (Fsp3) is 0.294. The van der Waals surface area contributed by atoms with Crippen LogP contribution in [0.3, 0.4) is 0 Å². The lowest BCUT2D eigenvalue weighted by atomic mass is 10.1. The highest BCUT2D eigenvalue weighted by atomic mass is 35.5. The Labute approximate surface area is 168 Å². The minimum Gasteiger partial charge on any atom is -0.478 e. The maximum absolute atomic E-state index is 10.9. The van der Waals surface area contributed by atoms with Gasteiger partial charge in [-0.3, -0.25) is 4.57 Å². The van der Waals surface area contributed by atoms with Crippen molar-refractivity contribution in [1.29, 1.82) is 0 Å². The zero-order valence-electron chi connectivity index (χ0n) is 14.4. The summed E-state index contributed by atoms with van der Waals surface area (Å²) in [6, 6.07) is 6.48. The molecule has 3 heterocycles. The molecular formula is C17H16ClN5O4S. The first kappa shape index (κ1) is 18.9. The van der Waals surface area contributed by atoms with Crippen molar-refractivity contribution in [2.45, 2.75) is 24.1 Å². The zero-order chi connectivity index (χ0) is 19.8. The van der Waals surface area contributed by atoms with Crippen molar-refractivity contribution in [1.82, 2.24) is 19.5 Å². The maximum atomic E-state index is 10.9. The number of carboxylic acids is 1. The summed E-state index contributed by atoms with van der Waals surface area (Å²) in [5.41, 5.74) is 2.01. The number of carboxylic acid groups (broad SMARTS) is 1. The van der Waals surface area contributed by atoms with Gasteiger partial charge in [-0.1, -0.05) is 12.1 Å². The summed E-state index contributed by atoms with van der Waals surface area (Å²) in [5, 5.41) is 31.7. The van der Waals surface area contributed by atoms with Gasteiger partial charge in [0, 0.05) is 12.3 Å². The minimum atomic E-state index is -0.980. The van der Waals surface area contributed by atoms with Gasteiger partial charge in [0.25, 0.3) is 0 Å². The van der Waals surface area contributed by atoms with Crippen LogP contribution in [-0.4, -0.2) is 58.8 Å². The summed E-state index contributed by atoms with van der Waals surface area (Å²) < 4.78 is 1.68. The highest BCUT2D eigenvalue weighted by Gasteiger charge is 2.36. The van der Waals surface area contributed by atoms with Crippen LogP contribution in [-0.2, 0) is 6.54 Å². The lowest BCUT2D eigenvalue weighted by molar-refractivity contribution is 0.0313. The number of aromatic nitrogens is 4. The molecule has 0 spiro atoms. The van der Waals surface area contributed by atoms with Gasteiger partial charge in [0.2, 0.25) is 5.28 Å². The molecule has 0 amide bonds. The Morgan fingerprint density at radius 3 is 2.68 bits per heavy atom. The number of hydrogen-bond donors (Lipinski definition) is 4. The molecule has 4 N–H and O–H groups in total. The van der Waals surface area contributed by atoms with E-state index < -0.39 is 23.6 Å². The van der Waals surface area contributed by atoms with Gasteiger partial charge < -0.3 is 20.6 Å². The lowest BCUT2D eigenvalue weighted by Gasteiger charge is -2.17. The maximum Gasteiger partial charge on any atom is 0.335 e. The Morgan fingerprint density at radius 1 is 1.29 bits per heavy atom. The summed E-state index contributed by atoms with van der Waals surface area (Å²) in [4.78, 5) is 23.7. The van der Waals surface area contributed by atoms with Crippen LogP contribution in [0.15, 0.2) is 30.6 Å². The molecule has 1 saturated heterocycles. The van der Waals surface area contributed by atoms with Crippen molar-refractivity contribution in [2.24, 2.45) is 0 Å². The molecule has 0 radical (unpaired) electrons. The molecule has 0 bridgehead atoms. The van der Waals surface area contributed by atoms with E-state index in [9.17, 15) is 15.0 Å². The lowest BCUT2D eigenvalue weighted by Crippen LogP contribution is -2.27. The molecule has 4 rings (SSSR count). The largest absolute Gasteiger partial charge is 0.478 e. The summed E-state index contributed by atoms with van der Waals surface area (Å²) in [6.45, 7) is 0.384. The van der Waals surface area contributed by atoms with Gasteiger partial charge in [0.1, 0.15) is 11.5 Å². The number of aliphatic hydroxyl groups excluding tert-OH is 2. The van der Waals surface area contributed by atoms with E-state index in [4.69, 9.17) is 16.7 Å². The summed E-state index contributed by atoms with van der Waals surface area (Å²) in [6.07, 6.45) is -0.196. The molecule has 9 nitrogen and oxygen atoms in total. The van der Waals surface area contributed by atoms with Crippen LogP contribution < -0.4 is 5.32 Å². The topological polar surface area (TPSA) is 133 Å². The molecule has 0 saturated carbocycles. The Bertz CT molecular complexity index is 1030. The number of hydrogen-bond acceptors (Lipinski definition) is 8. The molecule has 0 aliphatic carbocycles. The highest BCUT2D eigenvalue weighted by Crippen LogP contribution is 2.38. The quantitative estimate of drug-likeness (QED) is 0.454. The van der Waals surface area contributed by atoms with Crippen molar-refractivity contribution in [2.75, 3.05) is 11.1 Å². The van der Waals surface area contributed by atoms with E-state index in [0.29, 0.717) is 29.3 Å². The van der Waals surface area contributed by atoms with Crippen LogP contribution in [0, 0.1) is 0 Å². The van der Waals surface area contributed by atoms with Crippen LogP contribution >= 0.6 is 23.4 Å². The average molecular weight is 422 g/mol. The van der Waals surface area contributed by atoms with Crippen molar-refractivity contribution in [3.63, 3.8) is 0 Å². The number of rotatable bonds is 5. The van der Waals surface area contributed by atoms with Crippen molar-refractivity contribution in [3.8, 4) is 0 Å². The van der Waals surface area contributed by atoms with Gasteiger partial charge in [0.15, 0.2) is 17.0 Å². The summed E-state index contributed by atoms with van der Waals surface area (Å²) in [5.74, 6) is -0.137. The molecule has 3 aromatic rings. The van der Waals surface area contributed by atoms with Gasteiger partial charge in [-0.25, -0.2) is 9.78 Å². The number of nitrogens with one attached hydrogen (secondary N) is 1. The van der Waals surface area contributed by atoms with Gasteiger partial charge in [-0.15, -0.1) is 11.8 Å². The second-order valence-corrected chi connectivity index (χ2v) is 7.79. The van der Waals surface area contributed by atoms with Gasteiger partial charge in [-0.2, -0.15) is 9.97 Å². The second-order valence-electron chi connectivity index (χ2n) is 6.30. The number of nitrogens with zero attached hydrogens (tertiary/aromatic N) is 4. The number of aromatic carboxylic acids is 1. The molecular weight excluding hydrogens is 406 g/mol. The van der Waals surface area contributed by atoms with Gasteiger partial charge in [0.05, 0.1) is 18.0 Å². The molecule has 2 aromatic heterocycles. The number of carbonyl (C=O) groups is 1. The van der Waals surface area contributed by atoms with E-state index in [1.54, 1.807) is 23.0 Å². The Balaban J connectivity index is 1.60. The van der Waals surface area contributed by atoms with Crippen LogP contribution in [0.4, 0.5) is 5.82 Å². The predicted octanol–water partition coefficient (Wildman–Crippen LogP) is 1.76. The van der Waals surface area contributed by atoms with E-state index >= 15 is 0 Å². The molecule has 3 atom stereocenters. The summed E-state index contributed by atoms with van der Waals surface area (Å²) >= 11 is 7.48. The first-order valence-corrected chi connectivity index (χ1v) is 9.80. The van der Waals surface area contributed by atoms with Crippen molar-refractivity contribution >= 4 is 46.3 Å². The highest BCUT2D eigenvalue weighted by molar-refractivity contribution is 7.99. The number of thioether (sulfide) groups is 1. The number of anilines is 1. The van der Waals surface area contributed by atoms with Gasteiger partial charge in [-0.05, 0) is 29.3 Å². The van der Waals surface area contributed by atoms with E-state index in [1.807, 2.05) is 0 Å². The smallest absolute Gasteiger partial charge is 0.335 e. The number of imidazole rings is 1. The molecule has 11 heteroatoms. The number of aliphatic hydroxyl groups is 2. The van der Waals surface area contributed by atoms with Crippen LogP contribution in [0.1, 0.15) is 21.3 Å². The standard InChI is InChI=1S/C17H16ClN5O4S/c18-17-21-13(19-5-8-1-3-9(4-2-8)16(26)27)11-14(22-17)23(7-20-11)15-12(25)10(24)6-28-15/h1-4,7,10,12,15,24-25H,5-6H2,(H,26,27)(H,19,21,22)/t10-,12-,15-/m1/s1. The predicted molar refractivity (Wildman–Crippen MR) is 105 cm³/mol. The molecule has 1 aliphatic heterocycles. The molecule has 146 valence electrons. The van der Waals surface area contributed by atoms with Gasteiger partial charge >= 0.3 is 5.97 Å². The van der Waals surface area contributed by atoms with E-state index in [1.165, 1.54) is 23.9 Å². The first-order chi connectivity index (χ1) is 13.4. The second kappa shape index (κ2) is 7.55. The Morgan fingerprint density at radius 2 is 2.04 bits per heavy atom. The fourth-order valence-electron chi connectivity index (χ4n) is 2.98. The summed E-state index contributed by atoms with van der Waals surface area (Å²) in [7, 11) is 0. The monoisotopic (exact) mass is 421 g/mol. The number of halogens is 1. The Hall–Kier alpha value is -2.40. The zero-order valence-corrected chi connectivity index (χ0v) is 15.9. The van der Waals surface area contributed by atoms with E-state index in [-0.39, 0.29) is 10.8 Å². The SMILES string of the molecule is O=C(O)c1ccc(CNc2nc(Cl)nc3c2ncn3[C@@H]2SC[C@@H](O)[C@H]2O)cc1. The first-order valence-electron chi connectivity index (χ1n) is 8.38. The third-order valence-corrected chi connectivity index (χ3v) is 6.00. The molecule has 1 aromatic carbocycles. The average Bonchev–Trinajstić information content (AvgIpc) is 3.23. The third-order valence-electron chi connectivity index (χ3n) is 4.45. The van der Waals surface area contributed by atoms with Crippen molar-refractivity contribution in [3.05, 3.63) is 47.0 Å². The Kier molecular flexibility index (Phi) is 5.11. The van der Waals surface area contributed by atoms with Crippen LogP contribution in [0.25, 0.3) is 11.2 Å². The third kappa shape index (κ3) is 3.51. The molecule has 28 heavy (non-hydrogen) atoms.